The number of nitrogens with two attached hydrogens (primary N) is 1. The van der Waals surface area contributed by atoms with Gasteiger partial charge in [0.1, 0.15) is 11.6 Å². The molecule has 2 nitrogen and oxygen atoms in total. The molecule has 2 aromatic carbocycles. The Balaban J connectivity index is 2.11. The number of hydrogen-bond acceptors (Lipinski definition) is 2. The molecule has 0 saturated carbocycles. The van der Waals surface area contributed by atoms with E-state index in [9.17, 15) is 4.39 Å². The first-order chi connectivity index (χ1) is 10.1. The second-order valence-electron chi connectivity index (χ2n) is 5.07. The van der Waals surface area contributed by atoms with Gasteiger partial charge in [-0.25, -0.2) is 4.39 Å². The fourth-order valence-electron chi connectivity index (χ4n) is 2.39. The zero-order valence-electron chi connectivity index (χ0n) is 12.0. The lowest BCUT2D eigenvalue weighted by molar-refractivity contribution is 0.413. The van der Waals surface area contributed by atoms with Gasteiger partial charge in [0.25, 0.3) is 0 Å². The van der Waals surface area contributed by atoms with Crippen LogP contribution in [-0.2, 0) is 12.8 Å². The van der Waals surface area contributed by atoms with E-state index in [0.29, 0.717) is 11.0 Å². The van der Waals surface area contributed by atoms with Crippen molar-refractivity contribution >= 4 is 15.9 Å². The highest BCUT2D eigenvalue weighted by molar-refractivity contribution is 9.10. The molecule has 0 aliphatic heterocycles. The molecule has 2 aromatic rings. The van der Waals surface area contributed by atoms with Gasteiger partial charge in [-0.2, -0.15) is 0 Å². The number of halogens is 2. The third-order valence-corrected chi connectivity index (χ3v) is 4.42. The van der Waals surface area contributed by atoms with Gasteiger partial charge < -0.3 is 10.5 Å². The number of rotatable bonds is 6. The van der Waals surface area contributed by atoms with Crippen LogP contribution in [0.25, 0.3) is 0 Å². The smallest absolute Gasteiger partial charge is 0.137 e. The number of methoxy groups -OCH3 is 1. The highest BCUT2D eigenvalue weighted by atomic mass is 79.9. The highest BCUT2D eigenvalue weighted by Gasteiger charge is 2.13. The van der Waals surface area contributed by atoms with Crippen LogP contribution in [-0.4, -0.2) is 13.7 Å². The summed E-state index contributed by atoms with van der Waals surface area (Å²) in [6, 6.07) is 13.1. The van der Waals surface area contributed by atoms with Crippen molar-refractivity contribution in [1.29, 1.82) is 0 Å². The van der Waals surface area contributed by atoms with Crippen molar-refractivity contribution in [3.8, 4) is 5.75 Å². The predicted molar refractivity (Wildman–Crippen MR) is 87.0 cm³/mol. The van der Waals surface area contributed by atoms with Gasteiger partial charge >= 0.3 is 0 Å². The summed E-state index contributed by atoms with van der Waals surface area (Å²) in [5.41, 5.74) is 8.02. The SMILES string of the molecule is COc1cccc(CC(CN)Cc2cccc(F)c2Br)c1. The van der Waals surface area contributed by atoms with E-state index in [0.717, 1.165) is 24.2 Å². The van der Waals surface area contributed by atoms with Gasteiger partial charge in [-0.3, -0.25) is 0 Å². The van der Waals surface area contributed by atoms with E-state index in [2.05, 4.69) is 22.0 Å². The van der Waals surface area contributed by atoms with Gasteiger partial charge in [-0.15, -0.1) is 0 Å². The predicted octanol–water partition coefficient (Wildman–Crippen LogP) is 3.96. The van der Waals surface area contributed by atoms with E-state index < -0.39 is 0 Å². The van der Waals surface area contributed by atoms with E-state index in [4.69, 9.17) is 10.5 Å². The van der Waals surface area contributed by atoms with Gasteiger partial charge in [0, 0.05) is 0 Å². The summed E-state index contributed by atoms with van der Waals surface area (Å²) in [4.78, 5) is 0. The summed E-state index contributed by atoms with van der Waals surface area (Å²) in [6.07, 6.45) is 1.59. The van der Waals surface area contributed by atoms with Crippen LogP contribution < -0.4 is 10.5 Å². The molecule has 0 spiro atoms. The Labute approximate surface area is 133 Å². The molecule has 2 N–H and O–H groups in total. The molecule has 0 fully saturated rings. The summed E-state index contributed by atoms with van der Waals surface area (Å²) in [7, 11) is 1.66. The van der Waals surface area contributed by atoms with E-state index in [1.54, 1.807) is 13.2 Å². The van der Waals surface area contributed by atoms with Gasteiger partial charge in [0.15, 0.2) is 0 Å². The average molecular weight is 352 g/mol. The summed E-state index contributed by atoms with van der Waals surface area (Å²) in [5.74, 6) is 0.870. The lowest BCUT2D eigenvalue weighted by Gasteiger charge is -2.16. The molecule has 4 heteroatoms. The van der Waals surface area contributed by atoms with Crippen molar-refractivity contribution in [3.63, 3.8) is 0 Å². The number of hydrogen-bond donors (Lipinski definition) is 1. The zero-order chi connectivity index (χ0) is 15.2. The first-order valence-electron chi connectivity index (χ1n) is 6.90. The Morgan fingerprint density at radius 3 is 2.67 bits per heavy atom. The molecule has 0 aliphatic rings. The first kappa shape index (κ1) is 16.0. The molecular formula is C17H19BrFNO. The van der Waals surface area contributed by atoms with E-state index in [-0.39, 0.29) is 11.7 Å². The Morgan fingerprint density at radius 1 is 1.19 bits per heavy atom. The van der Waals surface area contributed by atoms with E-state index >= 15 is 0 Å². The van der Waals surface area contributed by atoms with Crippen LogP contribution in [0, 0.1) is 11.7 Å². The zero-order valence-corrected chi connectivity index (χ0v) is 13.6. The highest BCUT2D eigenvalue weighted by Crippen LogP contribution is 2.24. The third kappa shape index (κ3) is 4.29. The fourth-order valence-corrected chi connectivity index (χ4v) is 2.81. The van der Waals surface area contributed by atoms with Gasteiger partial charge in [0.2, 0.25) is 0 Å². The van der Waals surface area contributed by atoms with Crippen LogP contribution in [0.2, 0.25) is 0 Å². The summed E-state index contributed by atoms with van der Waals surface area (Å²) < 4.78 is 19.3. The summed E-state index contributed by atoms with van der Waals surface area (Å²) in [6.45, 7) is 0.556. The van der Waals surface area contributed by atoms with Crippen molar-refractivity contribution in [2.45, 2.75) is 12.8 Å². The van der Waals surface area contributed by atoms with Crippen molar-refractivity contribution in [3.05, 3.63) is 63.9 Å². The lowest BCUT2D eigenvalue weighted by Crippen LogP contribution is -2.19. The van der Waals surface area contributed by atoms with Crippen molar-refractivity contribution in [1.82, 2.24) is 0 Å². The normalized spacial score (nSPS) is 12.2. The van der Waals surface area contributed by atoms with Crippen LogP contribution in [0.1, 0.15) is 11.1 Å². The molecular weight excluding hydrogens is 333 g/mol. The molecule has 0 bridgehead atoms. The molecule has 0 heterocycles. The van der Waals surface area contributed by atoms with Crippen LogP contribution in [0.4, 0.5) is 4.39 Å². The minimum atomic E-state index is -0.232. The molecule has 0 aromatic heterocycles. The van der Waals surface area contributed by atoms with Gasteiger partial charge in [0.05, 0.1) is 11.6 Å². The monoisotopic (exact) mass is 351 g/mol. The Morgan fingerprint density at radius 2 is 1.95 bits per heavy atom. The van der Waals surface area contributed by atoms with Crippen LogP contribution in [0.3, 0.4) is 0 Å². The van der Waals surface area contributed by atoms with Crippen LogP contribution >= 0.6 is 15.9 Å². The van der Waals surface area contributed by atoms with Gasteiger partial charge in [-0.05, 0) is 70.6 Å². The molecule has 2 rings (SSSR count). The molecule has 112 valence electrons. The Kier molecular flexibility index (Phi) is 5.76. The van der Waals surface area contributed by atoms with Crippen molar-refractivity contribution in [2.24, 2.45) is 11.7 Å². The second-order valence-corrected chi connectivity index (χ2v) is 5.87. The molecule has 1 unspecified atom stereocenters. The number of benzene rings is 2. The maximum Gasteiger partial charge on any atom is 0.137 e. The Bertz CT molecular complexity index is 603. The largest absolute Gasteiger partial charge is 0.497 e. The van der Waals surface area contributed by atoms with E-state index in [1.807, 2.05) is 24.3 Å². The minimum absolute atomic E-state index is 0.232. The summed E-state index contributed by atoms with van der Waals surface area (Å²) in [5, 5.41) is 0. The van der Waals surface area contributed by atoms with Gasteiger partial charge in [-0.1, -0.05) is 24.3 Å². The molecule has 0 amide bonds. The quantitative estimate of drug-likeness (QED) is 0.854. The molecule has 0 saturated heterocycles. The standard InChI is InChI=1S/C17H19BrFNO/c1-21-15-6-2-4-12(10-15)8-13(11-20)9-14-5-3-7-16(19)17(14)18/h2-7,10,13H,8-9,11,20H2,1H3. The second kappa shape index (κ2) is 7.57. The molecule has 0 aliphatic carbocycles. The van der Waals surface area contributed by atoms with Crippen molar-refractivity contribution < 1.29 is 9.13 Å². The molecule has 21 heavy (non-hydrogen) atoms. The first-order valence-corrected chi connectivity index (χ1v) is 7.69. The van der Waals surface area contributed by atoms with E-state index in [1.165, 1.54) is 11.6 Å². The topological polar surface area (TPSA) is 35.2 Å². The maximum atomic E-state index is 13.6. The Hall–Kier alpha value is -1.39. The van der Waals surface area contributed by atoms with Crippen molar-refractivity contribution in [2.75, 3.05) is 13.7 Å². The lowest BCUT2D eigenvalue weighted by atomic mass is 9.92. The molecule has 1 atom stereocenters. The average Bonchev–Trinajstić information content (AvgIpc) is 2.51. The summed E-state index contributed by atoms with van der Waals surface area (Å²) >= 11 is 3.31. The fraction of sp³-hybridized carbons (Fsp3) is 0.294. The number of ether oxygens (including phenoxy) is 1. The third-order valence-electron chi connectivity index (χ3n) is 3.53. The maximum absolute atomic E-state index is 13.6. The van der Waals surface area contributed by atoms with Crippen LogP contribution in [0.15, 0.2) is 46.9 Å². The van der Waals surface area contributed by atoms with Crippen LogP contribution in [0.5, 0.6) is 5.75 Å². The minimum Gasteiger partial charge on any atom is -0.497 e. The molecule has 0 radical (unpaired) electrons.